The highest BCUT2D eigenvalue weighted by Crippen LogP contribution is 2.42. The molecule has 1 heterocycles. The molecule has 0 saturated heterocycles. The summed E-state index contributed by atoms with van der Waals surface area (Å²) >= 11 is 6.36. The number of aliphatic imine (C=N–C) groups is 1. The summed E-state index contributed by atoms with van der Waals surface area (Å²) < 4.78 is 45.6. The summed E-state index contributed by atoms with van der Waals surface area (Å²) in [6.07, 6.45) is 0. The highest BCUT2D eigenvalue weighted by molar-refractivity contribution is 6.32. The molecule has 0 aromatic heterocycles. The fourth-order valence-corrected chi connectivity index (χ4v) is 4.01. The Labute approximate surface area is 198 Å². The molecular weight excluding hydrogens is 470 g/mol. The molecule has 0 saturated carbocycles. The third-order valence-corrected chi connectivity index (χ3v) is 5.74. The molecule has 34 heavy (non-hydrogen) atoms. The highest BCUT2D eigenvalue weighted by atomic mass is 35.5. The molecule has 3 aromatic rings. The van der Waals surface area contributed by atoms with E-state index in [1.807, 2.05) is 0 Å². The molecule has 1 aliphatic heterocycles. The van der Waals surface area contributed by atoms with Gasteiger partial charge in [-0.15, -0.1) is 0 Å². The topological polar surface area (TPSA) is 78.4 Å². The summed E-state index contributed by atoms with van der Waals surface area (Å²) in [4.78, 5) is 19.7. The maximum absolute atomic E-state index is 14.9. The number of hydrogen-bond acceptors (Lipinski definition) is 7. The van der Waals surface area contributed by atoms with Gasteiger partial charge in [0, 0.05) is 11.1 Å². The second-order valence-electron chi connectivity index (χ2n) is 7.27. The first kappa shape index (κ1) is 23.3. The average Bonchev–Trinajstić information content (AvgIpc) is 3.29. The molecule has 1 unspecified atom stereocenters. The Morgan fingerprint density at radius 2 is 1.68 bits per heavy atom. The summed E-state index contributed by atoms with van der Waals surface area (Å²) in [7, 11) is 2.92. The number of hydroxylamine groups is 1. The van der Waals surface area contributed by atoms with Crippen molar-refractivity contribution in [3.63, 3.8) is 0 Å². The lowest BCUT2D eigenvalue weighted by molar-refractivity contribution is -0.132. The van der Waals surface area contributed by atoms with Crippen molar-refractivity contribution < 1.29 is 32.6 Å². The standard InChI is InChI=1S/C24H19ClF2N2O5/c1-31-16-5-7-21(27)18(11-16)17-9-14(3-6-20(17)26)24(12-33-23(28-24)29-34-13-30)15-4-8-22(32-2)19(25)10-15/h3-11,13H,12H2,1-2H3,(H,28,29). The van der Waals surface area contributed by atoms with Crippen LogP contribution in [0.5, 0.6) is 11.5 Å². The van der Waals surface area contributed by atoms with Crippen molar-refractivity contribution in [2.45, 2.75) is 5.54 Å². The van der Waals surface area contributed by atoms with Crippen LogP contribution in [0.4, 0.5) is 8.78 Å². The first-order valence-electron chi connectivity index (χ1n) is 9.97. The van der Waals surface area contributed by atoms with Gasteiger partial charge in [-0.2, -0.15) is 5.48 Å². The molecule has 0 bridgehead atoms. The van der Waals surface area contributed by atoms with E-state index in [0.717, 1.165) is 0 Å². The third kappa shape index (κ3) is 4.22. The van der Waals surface area contributed by atoms with E-state index < -0.39 is 17.2 Å². The molecule has 0 spiro atoms. The van der Waals surface area contributed by atoms with E-state index in [0.29, 0.717) is 27.6 Å². The monoisotopic (exact) mass is 488 g/mol. The SMILES string of the molecule is COc1ccc(F)c(-c2cc(C3(c4ccc(OC)c(Cl)c4)COC(NOC=O)=N3)ccc2F)c1. The van der Waals surface area contributed by atoms with Crippen LogP contribution in [-0.4, -0.2) is 33.3 Å². The maximum Gasteiger partial charge on any atom is 0.320 e. The molecule has 1 N–H and O–H groups in total. The van der Waals surface area contributed by atoms with Crippen LogP contribution < -0.4 is 15.0 Å². The number of amidine groups is 1. The van der Waals surface area contributed by atoms with Gasteiger partial charge in [-0.1, -0.05) is 23.7 Å². The van der Waals surface area contributed by atoms with Crippen LogP contribution in [0.1, 0.15) is 11.1 Å². The van der Waals surface area contributed by atoms with Crippen molar-refractivity contribution in [3.8, 4) is 22.6 Å². The zero-order chi connectivity index (χ0) is 24.3. The molecule has 1 aliphatic rings. The lowest BCUT2D eigenvalue weighted by Crippen LogP contribution is -2.27. The van der Waals surface area contributed by atoms with Crippen molar-refractivity contribution in [3.05, 3.63) is 82.4 Å². The van der Waals surface area contributed by atoms with Gasteiger partial charge in [0.2, 0.25) is 0 Å². The zero-order valence-electron chi connectivity index (χ0n) is 18.1. The van der Waals surface area contributed by atoms with Crippen LogP contribution in [0, 0.1) is 11.6 Å². The van der Waals surface area contributed by atoms with E-state index in [1.54, 1.807) is 18.2 Å². The molecule has 3 aromatic carbocycles. The van der Waals surface area contributed by atoms with Gasteiger partial charge in [0.1, 0.15) is 29.7 Å². The lowest BCUT2D eigenvalue weighted by atomic mass is 9.83. The van der Waals surface area contributed by atoms with Gasteiger partial charge in [-0.3, -0.25) is 4.79 Å². The van der Waals surface area contributed by atoms with Crippen LogP contribution in [-0.2, 0) is 19.9 Å². The number of halogens is 3. The summed E-state index contributed by atoms with van der Waals surface area (Å²) in [5.41, 5.74) is 2.17. The van der Waals surface area contributed by atoms with E-state index >= 15 is 0 Å². The molecule has 176 valence electrons. The minimum Gasteiger partial charge on any atom is -0.497 e. The number of carbonyl (C=O) groups is 1. The normalized spacial score (nSPS) is 16.9. The third-order valence-electron chi connectivity index (χ3n) is 5.44. The maximum atomic E-state index is 14.9. The van der Waals surface area contributed by atoms with Gasteiger partial charge in [0.15, 0.2) is 5.54 Å². The van der Waals surface area contributed by atoms with Gasteiger partial charge in [0.05, 0.1) is 19.2 Å². The van der Waals surface area contributed by atoms with Gasteiger partial charge in [-0.25, -0.2) is 13.8 Å². The van der Waals surface area contributed by atoms with Gasteiger partial charge in [0.25, 0.3) is 0 Å². The van der Waals surface area contributed by atoms with Gasteiger partial charge in [-0.05, 0) is 53.6 Å². The Bertz CT molecular complexity index is 1270. The molecule has 0 amide bonds. The molecule has 4 rings (SSSR count). The molecule has 10 heteroatoms. The van der Waals surface area contributed by atoms with E-state index in [4.69, 9.17) is 25.8 Å². The van der Waals surface area contributed by atoms with Crippen molar-refractivity contribution >= 4 is 24.1 Å². The Balaban J connectivity index is 1.90. The first-order valence-corrected chi connectivity index (χ1v) is 10.4. The number of nitrogens with one attached hydrogen (secondary N) is 1. The number of rotatable bonds is 7. The summed E-state index contributed by atoms with van der Waals surface area (Å²) in [6, 6.07) is 13.3. The van der Waals surface area contributed by atoms with Crippen molar-refractivity contribution in [1.82, 2.24) is 5.48 Å². The molecular formula is C24H19ClF2N2O5. The second-order valence-corrected chi connectivity index (χ2v) is 7.68. The van der Waals surface area contributed by atoms with E-state index in [1.165, 1.54) is 50.6 Å². The summed E-state index contributed by atoms with van der Waals surface area (Å²) in [5.74, 6) is -0.433. The molecule has 7 nitrogen and oxygen atoms in total. The zero-order valence-corrected chi connectivity index (χ0v) is 18.9. The van der Waals surface area contributed by atoms with Crippen molar-refractivity contribution in [2.24, 2.45) is 4.99 Å². The number of hydrogen-bond donors (Lipinski definition) is 1. The predicted octanol–water partition coefficient (Wildman–Crippen LogP) is 4.61. The minimum absolute atomic E-state index is 0.00799. The van der Waals surface area contributed by atoms with E-state index in [-0.39, 0.29) is 30.2 Å². The van der Waals surface area contributed by atoms with Crippen LogP contribution >= 0.6 is 11.6 Å². The van der Waals surface area contributed by atoms with E-state index in [2.05, 4.69) is 15.3 Å². The van der Waals surface area contributed by atoms with Crippen LogP contribution in [0.15, 0.2) is 59.6 Å². The Morgan fingerprint density at radius 1 is 1.00 bits per heavy atom. The molecule has 0 fully saturated rings. The van der Waals surface area contributed by atoms with Crippen LogP contribution in [0.2, 0.25) is 5.02 Å². The predicted molar refractivity (Wildman–Crippen MR) is 121 cm³/mol. The lowest BCUT2D eigenvalue weighted by Gasteiger charge is -2.26. The number of methoxy groups -OCH3 is 2. The average molecular weight is 489 g/mol. The second kappa shape index (κ2) is 9.56. The largest absolute Gasteiger partial charge is 0.497 e. The summed E-state index contributed by atoms with van der Waals surface area (Å²) in [6.45, 7) is 0.142. The molecule has 1 atom stereocenters. The minimum atomic E-state index is -1.22. The summed E-state index contributed by atoms with van der Waals surface area (Å²) in [5, 5.41) is 0.321. The molecule has 0 aliphatic carbocycles. The van der Waals surface area contributed by atoms with E-state index in [9.17, 15) is 13.6 Å². The highest BCUT2D eigenvalue weighted by Gasteiger charge is 2.42. The number of ether oxygens (including phenoxy) is 3. The smallest absolute Gasteiger partial charge is 0.320 e. The van der Waals surface area contributed by atoms with Gasteiger partial charge < -0.3 is 19.0 Å². The first-order chi connectivity index (χ1) is 16.4. The Kier molecular flexibility index (Phi) is 6.56. The fourth-order valence-electron chi connectivity index (χ4n) is 3.75. The molecule has 0 radical (unpaired) electrons. The quantitative estimate of drug-likeness (QED) is 0.386. The van der Waals surface area contributed by atoms with Crippen molar-refractivity contribution in [2.75, 3.05) is 20.8 Å². The van der Waals surface area contributed by atoms with Crippen LogP contribution in [0.25, 0.3) is 11.1 Å². The number of benzene rings is 3. The van der Waals surface area contributed by atoms with Gasteiger partial charge >= 0.3 is 12.5 Å². The number of carbonyl (C=O) groups excluding carboxylic acids is 1. The fraction of sp³-hybridized carbons (Fsp3) is 0.167. The number of nitrogens with zero attached hydrogens (tertiary/aromatic N) is 1. The van der Waals surface area contributed by atoms with Crippen molar-refractivity contribution in [1.29, 1.82) is 0 Å². The Hall–Kier alpha value is -3.85. The Morgan fingerprint density at radius 3 is 2.35 bits per heavy atom. The van der Waals surface area contributed by atoms with Crippen LogP contribution in [0.3, 0.4) is 0 Å².